The quantitative estimate of drug-likeness (QED) is 0.129. The summed E-state index contributed by atoms with van der Waals surface area (Å²) in [5.74, 6) is 6.89. The monoisotopic (exact) mass is 575 g/mol. The Morgan fingerprint density at radius 3 is 1.75 bits per heavy atom. The molecule has 1 heterocycles. The Balaban J connectivity index is 1.43. The number of ether oxygens (including phenoxy) is 3. The van der Waals surface area contributed by atoms with Crippen LogP contribution in [0.5, 0.6) is 11.5 Å². The van der Waals surface area contributed by atoms with Crippen molar-refractivity contribution in [2.45, 2.75) is 19.8 Å². The van der Waals surface area contributed by atoms with Gasteiger partial charge in [-0.2, -0.15) is 0 Å². The van der Waals surface area contributed by atoms with Crippen LogP contribution in [0.15, 0.2) is 140 Å². The fraction of sp³-hybridized carbons (Fsp3) is 0.0769. The maximum atomic E-state index is 13.4. The number of carbonyl (C=O) groups is 1. The minimum absolute atomic E-state index is 0.120. The fourth-order valence-electron chi connectivity index (χ4n) is 4.63. The lowest BCUT2D eigenvalue weighted by atomic mass is 10.1. The van der Waals surface area contributed by atoms with E-state index in [1.165, 1.54) is 0 Å². The summed E-state index contributed by atoms with van der Waals surface area (Å²) in [5.41, 5.74) is 4.98. The third-order valence-electron chi connectivity index (χ3n) is 6.90. The lowest BCUT2D eigenvalue weighted by Crippen LogP contribution is -2.09. The summed E-state index contributed by atoms with van der Waals surface area (Å²) in [4.78, 5) is 18.1. The number of benzene rings is 5. The molecule has 214 valence electrons. The normalized spacial score (nSPS) is 10.5. The first kappa shape index (κ1) is 28.3. The van der Waals surface area contributed by atoms with E-state index in [1.807, 2.05) is 133 Å². The molecular weight excluding hydrogens is 546 g/mol. The fourth-order valence-corrected chi connectivity index (χ4v) is 4.63. The number of hydrogen-bond donors (Lipinski definition) is 0. The molecule has 0 fully saturated rings. The van der Waals surface area contributed by atoms with E-state index >= 15 is 0 Å². The maximum absolute atomic E-state index is 13.4. The molecule has 0 aliphatic rings. The van der Waals surface area contributed by atoms with Gasteiger partial charge in [0.05, 0.1) is 5.56 Å². The van der Waals surface area contributed by atoms with Gasteiger partial charge in [0.1, 0.15) is 31.1 Å². The third kappa shape index (κ3) is 7.13. The van der Waals surface area contributed by atoms with E-state index < -0.39 is 5.97 Å². The van der Waals surface area contributed by atoms with Crippen LogP contribution in [0.1, 0.15) is 38.3 Å². The third-order valence-corrected chi connectivity index (χ3v) is 6.90. The average Bonchev–Trinajstić information content (AvgIpc) is 3.09. The van der Waals surface area contributed by atoms with Crippen molar-refractivity contribution < 1.29 is 19.0 Å². The van der Waals surface area contributed by atoms with Crippen molar-refractivity contribution in [3.63, 3.8) is 0 Å². The lowest BCUT2D eigenvalue weighted by molar-refractivity contribution is 0.0465. The van der Waals surface area contributed by atoms with E-state index in [4.69, 9.17) is 19.2 Å². The van der Waals surface area contributed by atoms with Crippen molar-refractivity contribution in [2.75, 3.05) is 0 Å². The molecule has 0 radical (unpaired) electrons. The molecule has 0 saturated carbocycles. The first-order valence-electron chi connectivity index (χ1n) is 14.3. The van der Waals surface area contributed by atoms with Gasteiger partial charge in [-0.25, -0.2) is 9.78 Å². The maximum Gasteiger partial charge on any atom is 0.357 e. The van der Waals surface area contributed by atoms with Crippen molar-refractivity contribution in [1.29, 1.82) is 0 Å². The Morgan fingerprint density at radius 2 is 1.14 bits per heavy atom. The molecule has 0 atom stereocenters. The van der Waals surface area contributed by atoms with Crippen molar-refractivity contribution in [3.05, 3.63) is 173 Å². The first-order valence-corrected chi connectivity index (χ1v) is 14.3. The van der Waals surface area contributed by atoms with Crippen molar-refractivity contribution >= 4 is 16.9 Å². The summed E-state index contributed by atoms with van der Waals surface area (Å²) < 4.78 is 18.4. The van der Waals surface area contributed by atoms with Gasteiger partial charge in [-0.15, -0.1) is 0 Å². The Morgan fingerprint density at radius 1 is 0.591 bits per heavy atom. The number of carbonyl (C=O) groups excluding carboxylic acids is 1. The van der Waals surface area contributed by atoms with Gasteiger partial charge in [-0.1, -0.05) is 121 Å². The predicted molar refractivity (Wildman–Crippen MR) is 171 cm³/mol. The summed E-state index contributed by atoms with van der Waals surface area (Å²) in [6, 6.07) is 44.5. The van der Waals surface area contributed by atoms with Gasteiger partial charge < -0.3 is 14.2 Å². The SMILES string of the molecule is O=C(OCc1ccccc1)c1cc(OCc2ccccc2)c2ccc(C#Cc3ccccc3)c(OCc3ccccc3)c2n1. The van der Waals surface area contributed by atoms with Gasteiger partial charge in [0.15, 0.2) is 11.4 Å². The average molecular weight is 576 g/mol. The van der Waals surface area contributed by atoms with Crippen LogP contribution in [0, 0.1) is 11.8 Å². The molecule has 5 heteroatoms. The van der Waals surface area contributed by atoms with E-state index in [0.717, 1.165) is 22.3 Å². The molecule has 0 N–H and O–H groups in total. The number of aromatic nitrogens is 1. The zero-order chi connectivity index (χ0) is 30.0. The molecule has 1 aromatic heterocycles. The molecule has 6 rings (SSSR count). The Kier molecular flexibility index (Phi) is 8.91. The molecule has 0 amide bonds. The van der Waals surface area contributed by atoms with Crippen molar-refractivity contribution in [3.8, 4) is 23.3 Å². The molecule has 0 spiro atoms. The molecule has 44 heavy (non-hydrogen) atoms. The number of pyridine rings is 1. The largest absolute Gasteiger partial charge is 0.488 e. The van der Waals surface area contributed by atoms with Crippen molar-refractivity contribution in [2.24, 2.45) is 0 Å². The van der Waals surface area contributed by atoms with Crippen LogP contribution in [-0.4, -0.2) is 11.0 Å². The van der Waals surface area contributed by atoms with E-state index in [1.54, 1.807) is 6.07 Å². The topological polar surface area (TPSA) is 57.7 Å². The molecule has 6 aromatic rings. The Bertz CT molecular complexity index is 1910. The molecule has 0 bridgehead atoms. The van der Waals surface area contributed by atoms with E-state index in [2.05, 4.69) is 11.8 Å². The number of hydrogen-bond acceptors (Lipinski definition) is 5. The Labute approximate surface area is 256 Å². The van der Waals surface area contributed by atoms with Gasteiger partial charge in [-0.05, 0) is 41.0 Å². The zero-order valence-electron chi connectivity index (χ0n) is 24.0. The number of rotatable bonds is 9. The highest BCUT2D eigenvalue weighted by atomic mass is 16.5. The molecule has 0 unspecified atom stereocenters. The van der Waals surface area contributed by atoms with E-state index in [0.29, 0.717) is 41.2 Å². The van der Waals surface area contributed by atoms with Crippen LogP contribution in [0.25, 0.3) is 10.9 Å². The highest BCUT2D eigenvalue weighted by Crippen LogP contribution is 2.35. The van der Waals surface area contributed by atoms with Crippen LogP contribution in [0.2, 0.25) is 0 Å². The standard InChI is InChI=1S/C39H29NO4/c41-39(44-28-32-19-11-4-12-20-32)35-25-36(42-26-30-15-7-2-8-16-30)34-24-23-33(22-21-29-13-5-1-6-14-29)38(37(34)40-35)43-27-31-17-9-3-10-18-31/h1-20,23-25H,26-28H2. The smallest absolute Gasteiger partial charge is 0.357 e. The zero-order valence-corrected chi connectivity index (χ0v) is 24.0. The first-order chi connectivity index (χ1) is 21.7. The highest BCUT2D eigenvalue weighted by Gasteiger charge is 2.20. The lowest BCUT2D eigenvalue weighted by Gasteiger charge is -2.16. The molecule has 0 aliphatic carbocycles. The number of nitrogens with zero attached hydrogens (tertiary/aromatic N) is 1. The second-order valence-electron chi connectivity index (χ2n) is 10.1. The van der Waals surface area contributed by atoms with Gasteiger partial charge in [-0.3, -0.25) is 0 Å². The number of fused-ring (bicyclic) bond motifs is 1. The number of esters is 1. The van der Waals surface area contributed by atoms with Crippen LogP contribution in [0.3, 0.4) is 0 Å². The second-order valence-corrected chi connectivity index (χ2v) is 10.1. The van der Waals surface area contributed by atoms with Gasteiger partial charge in [0.25, 0.3) is 0 Å². The minimum atomic E-state index is -0.560. The van der Waals surface area contributed by atoms with E-state index in [-0.39, 0.29) is 12.3 Å². The second kappa shape index (κ2) is 13.9. The van der Waals surface area contributed by atoms with Crippen LogP contribution < -0.4 is 9.47 Å². The Hall–Kier alpha value is -5.86. The van der Waals surface area contributed by atoms with Gasteiger partial charge in [0, 0.05) is 17.0 Å². The summed E-state index contributed by atoms with van der Waals surface area (Å²) in [5, 5.41) is 0.703. The van der Waals surface area contributed by atoms with Gasteiger partial charge in [0.2, 0.25) is 0 Å². The molecule has 5 aromatic carbocycles. The predicted octanol–water partition coefficient (Wildman–Crippen LogP) is 8.15. The van der Waals surface area contributed by atoms with Gasteiger partial charge >= 0.3 is 5.97 Å². The molecule has 0 saturated heterocycles. The molecular formula is C39H29NO4. The van der Waals surface area contributed by atoms with Crippen LogP contribution in [-0.2, 0) is 24.6 Å². The summed E-state index contributed by atoms with van der Waals surface area (Å²) in [6.45, 7) is 0.734. The minimum Gasteiger partial charge on any atom is -0.488 e. The highest BCUT2D eigenvalue weighted by molar-refractivity contribution is 5.97. The van der Waals surface area contributed by atoms with Crippen LogP contribution >= 0.6 is 0 Å². The molecule has 0 aliphatic heterocycles. The summed E-state index contributed by atoms with van der Waals surface area (Å²) in [6.07, 6.45) is 0. The molecule has 5 nitrogen and oxygen atoms in total. The summed E-state index contributed by atoms with van der Waals surface area (Å²) in [7, 11) is 0. The van der Waals surface area contributed by atoms with Crippen LogP contribution in [0.4, 0.5) is 0 Å². The summed E-state index contributed by atoms with van der Waals surface area (Å²) >= 11 is 0. The van der Waals surface area contributed by atoms with E-state index in [9.17, 15) is 4.79 Å². The van der Waals surface area contributed by atoms with Crippen molar-refractivity contribution in [1.82, 2.24) is 4.98 Å².